The van der Waals surface area contributed by atoms with Crippen molar-refractivity contribution in [2.24, 2.45) is 5.92 Å². The van der Waals surface area contributed by atoms with Crippen LogP contribution in [0.15, 0.2) is 48.0 Å². The van der Waals surface area contributed by atoms with Gasteiger partial charge in [0.25, 0.3) is 0 Å². The number of carboxylic acid groups (broad SMARTS) is 1. The zero-order chi connectivity index (χ0) is 45.7. The van der Waals surface area contributed by atoms with Gasteiger partial charge in [-0.05, 0) is 79.1 Å². The number of thioether (sulfide) groups is 1. The van der Waals surface area contributed by atoms with Crippen LogP contribution in [0.2, 0.25) is 10.0 Å². The number of anilines is 1. The lowest BCUT2D eigenvalue weighted by Gasteiger charge is -2.37. The molecule has 64 heavy (non-hydrogen) atoms. The van der Waals surface area contributed by atoms with E-state index >= 15 is 0 Å². The molecule has 0 spiro atoms. The molecule has 18 heteroatoms. The first kappa shape index (κ1) is 50.9. The fourth-order valence-electron chi connectivity index (χ4n) is 8.15. The maximum Gasteiger partial charge on any atom is 0.315 e. The van der Waals surface area contributed by atoms with Gasteiger partial charge in [-0.3, -0.25) is 19.2 Å². The third kappa shape index (κ3) is 16.4. The molecule has 0 unspecified atom stereocenters. The summed E-state index contributed by atoms with van der Waals surface area (Å²) in [4.78, 5) is 63.4. The Labute approximate surface area is 390 Å². The molecule has 3 heterocycles. The van der Waals surface area contributed by atoms with E-state index in [2.05, 4.69) is 31.5 Å². The maximum atomic E-state index is 12.7. The summed E-state index contributed by atoms with van der Waals surface area (Å²) in [6, 6.07) is 13.3. The second kappa shape index (κ2) is 27.4. The number of halogens is 2. The van der Waals surface area contributed by atoms with Crippen LogP contribution in [-0.4, -0.2) is 130 Å². The van der Waals surface area contributed by atoms with Gasteiger partial charge >= 0.3 is 12.0 Å². The quantitative estimate of drug-likeness (QED) is 0.0409. The first-order valence-corrected chi connectivity index (χ1v) is 24.3. The average Bonchev–Trinajstić information content (AvgIpc) is 3.83. The van der Waals surface area contributed by atoms with Crippen molar-refractivity contribution in [1.82, 2.24) is 26.6 Å². The first-order valence-electron chi connectivity index (χ1n) is 22.5. The second-order valence-corrected chi connectivity index (χ2v) is 18.3. The van der Waals surface area contributed by atoms with Gasteiger partial charge < -0.3 is 50.8 Å². The van der Waals surface area contributed by atoms with Crippen molar-refractivity contribution in [3.63, 3.8) is 0 Å². The summed E-state index contributed by atoms with van der Waals surface area (Å²) in [5, 5.41) is 26.5. The van der Waals surface area contributed by atoms with Crippen molar-refractivity contribution >= 4 is 75.9 Å². The van der Waals surface area contributed by atoms with Crippen LogP contribution in [0.25, 0.3) is 5.57 Å². The summed E-state index contributed by atoms with van der Waals surface area (Å²) in [6.45, 7) is 6.80. The Kier molecular flexibility index (Phi) is 21.8. The number of hydrogen-bond donors (Lipinski definition) is 6. The predicted molar refractivity (Wildman–Crippen MR) is 251 cm³/mol. The summed E-state index contributed by atoms with van der Waals surface area (Å²) >= 11 is 14.6. The third-order valence-corrected chi connectivity index (χ3v) is 13.4. The molecule has 5 rings (SSSR count). The number of fused-ring (bicyclic) bond motifs is 2. The zero-order valence-electron chi connectivity index (χ0n) is 36.7. The highest BCUT2D eigenvalue weighted by Gasteiger charge is 2.42. The number of urea groups is 1. The van der Waals surface area contributed by atoms with Crippen molar-refractivity contribution in [3.8, 4) is 0 Å². The van der Waals surface area contributed by atoms with Crippen LogP contribution in [0.1, 0.15) is 82.3 Å². The van der Waals surface area contributed by atoms with Crippen LogP contribution in [0.3, 0.4) is 0 Å². The van der Waals surface area contributed by atoms with E-state index in [-0.39, 0.29) is 48.7 Å². The van der Waals surface area contributed by atoms with Crippen molar-refractivity contribution < 1.29 is 43.3 Å². The van der Waals surface area contributed by atoms with Crippen LogP contribution in [0, 0.1) is 5.92 Å². The normalized spacial score (nSPS) is 18.2. The number of carbonyl (C=O) groups excluding carboxylic acids is 4. The van der Waals surface area contributed by atoms with E-state index in [1.54, 1.807) is 18.2 Å². The third-order valence-electron chi connectivity index (χ3n) is 11.4. The van der Waals surface area contributed by atoms with E-state index in [0.29, 0.717) is 113 Å². The van der Waals surface area contributed by atoms with E-state index in [9.17, 15) is 29.1 Å². The summed E-state index contributed by atoms with van der Waals surface area (Å²) in [5.41, 5.74) is 4.18. The molecule has 0 bridgehead atoms. The molecule has 3 aliphatic rings. The number of carbonyl (C=O) groups is 5. The highest BCUT2D eigenvalue weighted by molar-refractivity contribution is 8.00. The van der Waals surface area contributed by atoms with Crippen molar-refractivity contribution in [2.45, 2.75) is 88.5 Å². The lowest BCUT2D eigenvalue weighted by molar-refractivity contribution is -0.140. The van der Waals surface area contributed by atoms with Crippen LogP contribution in [-0.2, 0) is 33.4 Å². The second-order valence-electron chi connectivity index (χ2n) is 16.1. The van der Waals surface area contributed by atoms with Gasteiger partial charge in [-0.15, -0.1) is 0 Å². The van der Waals surface area contributed by atoms with Gasteiger partial charge in [-0.2, -0.15) is 11.8 Å². The van der Waals surface area contributed by atoms with Crippen LogP contribution in [0.4, 0.5) is 10.5 Å². The Morgan fingerprint density at radius 1 is 0.797 bits per heavy atom. The first-order chi connectivity index (χ1) is 31.0. The molecule has 5 amide bonds. The molecule has 6 N–H and O–H groups in total. The van der Waals surface area contributed by atoms with Gasteiger partial charge in [-0.25, -0.2) is 4.79 Å². The molecule has 0 aromatic heterocycles. The smallest absolute Gasteiger partial charge is 0.315 e. The topological polar surface area (TPSA) is 197 Å². The Balaban J connectivity index is 0.852. The monoisotopic (exact) mass is 946 g/mol. The molecule has 3 aliphatic heterocycles. The minimum Gasteiger partial charge on any atom is -0.481 e. The maximum absolute atomic E-state index is 12.7. The van der Waals surface area contributed by atoms with E-state index < -0.39 is 11.9 Å². The number of nitrogens with zero attached hydrogens (tertiary/aromatic N) is 1. The van der Waals surface area contributed by atoms with Gasteiger partial charge in [0.1, 0.15) is 0 Å². The number of unbranched alkanes of at least 4 members (excludes halogenated alkanes) is 1. The predicted octanol–water partition coefficient (Wildman–Crippen LogP) is 5.80. The van der Waals surface area contributed by atoms with Crippen molar-refractivity contribution in [2.75, 3.05) is 83.0 Å². The van der Waals surface area contributed by atoms with Crippen molar-refractivity contribution in [1.29, 1.82) is 0 Å². The number of aliphatic carboxylic acids is 1. The molecule has 15 nitrogen and oxygen atoms in total. The summed E-state index contributed by atoms with van der Waals surface area (Å²) in [5.74, 6) is -1.06. The molecule has 2 aromatic carbocycles. The number of nitrogens with one attached hydrogen (secondary N) is 5. The van der Waals surface area contributed by atoms with Crippen molar-refractivity contribution in [3.05, 3.63) is 69.2 Å². The van der Waals surface area contributed by atoms with E-state index in [0.717, 1.165) is 59.4 Å². The number of benzene rings is 2. The number of carboxylic acids is 1. The van der Waals surface area contributed by atoms with Crippen LogP contribution >= 0.6 is 35.0 Å². The zero-order valence-corrected chi connectivity index (χ0v) is 39.1. The molecular weight excluding hydrogens is 884 g/mol. The fraction of sp³-hybridized carbons (Fsp3) is 0.587. The Hall–Kier alpha value is -4.06. The molecule has 4 atom stereocenters. The highest BCUT2D eigenvalue weighted by atomic mass is 35.5. The summed E-state index contributed by atoms with van der Waals surface area (Å²) in [7, 11) is 0. The fourth-order valence-corrected chi connectivity index (χ4v) is 9.99. The Morgan fingerprint density at radius 3 is 2.05 bits per heavy atom. The van der Waals surface area contributed by atoms with Gasteiger partial charge in [0.2, 0.25) is 17.7 Å². The van der Waals surface area contributed by atoms with Gasteiger partial charge in [0, 0.05) is 97.5 Å². The molecule has 0 saturated carbocycles. The molecule has 352 valence electrons. The molecule has 2 saturated heterocycles. The van der Waals surface area contributed by atoms with E-state index in [4.69, 9.17) is 37.4 Å². The molecule has 2 fully saturated rings. The van der Waals surface area contributed by atoms with Gasteiger partial charge in [-0.1, -0.05) is 55.1 Å². The molecule has 2 aromatic rings. The molecule has 0 radical (unpaired) electrons. The molecule has 0 aliphatic carbocycles. The standard InChI is InChI=1S/C46H64Cl2N6O9S/c1-2-7-34(45(58)59)36-29-54(38-15-14-33(48)28-35(38)43(36)31-10-12-32(47)13-11-31)21-20-51-42(57)17-16-41(56)50-19-6-23-62-25-27-63-26-24-61-22-5-18-49-40(55)9-4-3-8-39-44-37(30-64-39)52-46(60)53-44/h10-15,28,34,37,39,44H,2-9,16-27,29-30H2,1H3,(H,49,55)(H,50,56)(H,51,57)(H,58,59)(H2,52,53,60)/t34-,37+,39+,44+/m0/s1. The van der Waals surface area contributed by atoms with Crippen LogP contribution < -0.4 is 31.5 Å². The summed E-state index contributed by atoms with van der Waals surface area (Å²) in [6.07, 6.45) is 5.92. The van der Waals surface area contributed by atoms with Gasteiger partial charge in [0.05, 0.1) is 44.4 Å². The lowest BCUT2D eigenvalue weighted by Crippen LogP contribution is -2.40. The number of ether oxygens (including phenoxy) is 3. The average molecular weight is 948 g/mol. The number of amides is 5. The number of rotatable bonds is 30. The summed E-state index contributed by atoms with van der Waals surface area (Å²) < 4.78 is 16.7. The Morgan fingerprint density at radius 2 is 1.41 bits per heavy atom. The largest absolute Gasteiger partial charge is 0.481 e. The lowest BCUT2D eigenvalue weighted by atomic mass is 9.81. The van der Waals surface area contributed by atoms with Crippen LogP contribution in [0.5, 0.6) is 0 Å². The Bertz CT molecular complexity index is 1890. The van der Waals surface area contributed by atoms with Gasteiger partial charge in [0.15, 0.2) is 0 Å². The van der Waals surface area contributed by atoms with E-state index in [1.807, 2.05) is 43.0 Å². The minimum atomic E-state index is -0.888. The SMILES string of the molecule is CCC[C@H](C(=O)O)C1=C(c2ccc(Cl)cc2)c2cc(Cl)ccc2N(CCNC(=O)CCC(=O)NCCCOCCOCCOCCCNC(=O)CCCC[C@H]2SC[C@H]3NC(=O)N[C@H]32)C1. The van der Waals surface area contributed by atoms with E-state index in [1.165, 1.54) is 0 Å². The number of hydrogen-bond acceptors (Lipinski definition) is 10. The molecular formula is C46H64Cl2N6O9S. The minimum absolute atomic E-state index is 0.0414. The highest BCUT2D eigenvalue weighted by Crippen LogP contribution is 2.43.